The van der Waals surface area contributed by atoms with E-state index in [1.54, 1.807) is 55.6 Å². The van der Waals surface area contributed by atoms with E-state index >= 15 is 0 Å². The number of hydrogen-bond donors (Lipinski definition) is 3. The first-order valence-electron chi connectivity index (χ1n) is 14.3. The number of hydrogen-bond acceptors (Lipinski definition) is 10. The van der Waals surface area contributed by atoms with Gasteiger partial charge in [0, 0.05) is 37.3 Å². The third kappa shape index (κ3) is 9.17. The Morgan fingerprint density at radius 2 is 1.75 bits per heavy atom. The van der Waals surface area contributed by atoms with E-state index in [4.69, 9.17) is 14.0 Å². The molecule has 2 aromatic carbocycles. The maximum Gasteiger partial charge on any atom is 0.417 e. The van der Waals surface area contributed by atoms with E-state index < -0.39 is 37.8 Å². The number of amides is 2. The number of rotatable bonds is 12. The number of nitrogens with one attached hydrogen (secondary N) is 2. The molecule has 1 saturated heterocycles. The van der Waals surface area contributed by atoms with Gasteiger partial charge in [0.25, 0.3) is 5.91 Å². The van der Waals surface area contributed by atoms with Gasteiger partial charge in [-0.25, -0.2) is 19.6 Å². The Labute approximate surface area is 255 Å². The number of carbonyl (C=O) groups is 3. The van der Waals surface area contributed by atoms with Gasteiger partial charge in [-0.3, -0.25) is 9.36 Å². The van der Waals surface area contributed by atoms with Crippen molar-refractivity contribution < 1.29 is 37.8 Å². The summed E-state index contributed by atoms with van der Waals surface area (Å²) < 4.78 is 28.3. The van der Waals surface area contributed by atoms with Crippen LogP contribution >= 0.6 is 7.60 Å². The smallest absolute Gasteiger partial charge is 0.417 e. The summed E-state index contributed by atoms with van der Waals surface area (Å²) in [6.45, 7) is 3.55. The van der Waals surface area contributed by atoms with Crippen molar-refractivity contribution in [1.29, 1.82) is 0 Å². The molecule has 13 nitrogen and oxygen atoms in total. The van der Waals surface area contributed by atoms with Crippen LogP contribution in [0.25, 0.3) is 22.6 Å². The minimum atomic E-state index is -4.37. The van der Waals surface area contributed by atoms with E-state index in [0.717, 1.165) is 6.42 Å². The van der Waals surface area contributed by atoms with E-state index in [9.17, 15) is 23.8 Å². The molecular formula is C30H36N5O8P. The van der Waals surface area contributed by atoms with Crippen LogP contribution in [0.15, 0.2) is 60.7 Å². The predicted octanol–water partition coefficient (Wildman–Crippen LogP) is 3.49. The molecule has 3 aromatic rings. The van der Waals surface area contributed by atoms with Crippen LogP contribution in [0, 0.1) is 0 Å². The number of esters is 1. The molecule has 2 atom stereocenters. The molecule has 234 valence electrons. The average molecular weight is 626 g/mol. The summed E-state index contributed by atoms with van der Waals surface area (Å²) in [6.07, 6.45) is -0.483. The molecule has 0 aliphatic carbocycles. The molecule has 1 fully saturated rings. The monoisotopic (exact) mass is 625 g/mol. The van der Waals surface area contributed by atoms with Crippen molar-refractivity contribution in [3.05, 3.63) is 66.4 Å². The van der Waals surface area contributed by atoms with Crippen molar-refractivity contribution in [2.75, 3.05) is 46.1 Å². The van der Waals surface area contributed by atoms with Gasteiger partial charge >= 0.3 is 19.7 Å². The van der Waals surface area contributed by atoms with Gasteiger partial charge in [-0.05, 0) is 36.8 Å². The van der Waals surface area contributed by atoms with Crippen molar-refractivity contribution in [2.24, 2.45) is 0 Å². The van der Waals surface area contributed by atoms with Crippen LogP contribution in [0.5, 0.6) is 5.75 Å². The molecule has 1 aliphatic heterocycles. The molecule has 14 heteroatoms. The van der Waals surface area contributed by atoms with Gasteiger partial charge in [-0.1, -0.05) is 43.7 Å². The summed E-state index contributed by atoms with van der Waals surface area (Å²) in [6, 6.07) is 15.8. The molecule has 2 amide bonds. The van der Waals surface area contributed by atoms with Crippen LogP contribution in [0.4, 0.5) is 4.79 Å². The number of aromatic nitrogens is 2. The quantitative estimate of drug-likeness (QED) is 0.117. The first-order chi connectivity index (χ1) is 21.2. The molecule has 1 aromatic heterocycles. The second-order valence-electron chi connectivity index (χ2n) is 10.0. The van der Waals surface area contributed by atoms with E-state index in [0.29, 0.717) is 55.2 Å². The zero-order chi connectivity index (χ0) is 31.5. The zero-order valence-corrected chi connectivity index (χ0v) is 25.5. The van der Waals surface area contributed by atoms with E-state index in [1.165, 1.54) is 11.0 Å². The van der Waals surface area contributed by atoms with Crippen LogP contribution < -0.4 is 15.4 Å². The fraction of sp³-hybridized carbons (Fsp3) is 0.367. The molecule has 1 aliphatic rings. The van der Waals surface area contributed by atoms with Crippen LogP contribution in [0.2, 0.25) is 0 Å². The Hall–Kier alpha value is -4.16. The van der Waals surface area contributed by atoms with Gasteiger partial charge in [0.05, 0.1) is 25.6 Å². The average Bonchev–Trinajstić information content (AvgIpc) is 3.05. The van der Waals surface area contributed by atoms with Crippen molar-refractivity contribution in [1.82, 2.24) is 25.5 Å². The van der Waals surface area contributed by atoms with Crippen molar-refractivity contribution in [3.8, 4) is 28.4 Å². The van der Waals surface area contributed by atoms with Gasteiger partial charge < -0.3 is 34.4 Å². The number of unbranched alkanes of at least 4 members (excludes halogenated alkanes) is 1. The molecule has 2 unspecified atom stereocenters. The van der Waals surface area contributed by atoms with Gasteiger partial charge in [-0.15, -0.1) is 0 Å². The number of nitrogens with zero attached hydrogens (tertiary/aromatic N) is 3. The molecular weight excluding hydrogens is 589 g/mol. The van der Waals surface area contributed by atoms with Crippen LogP contribution in [0.3, 0.4) is 0 Å². The molecule has 0 saturated carbocycles. The van der Waals surface area contributed by atoms with Crippen molar-refractivity contribution in [2.45, 2.75) is 25.8 Å². The summed E-state index contributed by atoms with van der Waals surface area (Å²) in [7, 11) is -2.82. The van der Waals surface area contributed by atoms with Gasteiger partial charge in [-0.2, -0.15) is 0 Å². The highest BCUT2D eigenvalue weighted by molar-refractivity contribution is 7.52. The second kappa shape index (κ2) is 15.5. The standard InChI is InChI=1S/C30H36N5O8P/c1-3-4-18-42-44(39,40)20-26(29(37)43-30(38)35-16-14-31-15-17-35)34-28(36)25-19-24(21-10-12-23(41-2)13-11-21)32-27(33-25)22-8-6-5-7-9-22/h5-13,19,26,31H,3-4,14-18,20H2,1-2H3,(H,34,36)(H,39,40). The molecule has 0 radical (unpaired) electrons. The fourth-order valence-electron chi connectivity index (χ4n) is 4.30. The molecule has 44 heavy (non-hydrogen) atoms. The number of carbonyl (C=O) groups excluding carboxylic acids is 3. The number of methoxy groups -OCH3 is 1. The highest BCUT2D eigenvalue weighted by Gasteiger charge is 2.35. The maximum atomic E-state index is 13.6. The molecule has 0 bridgehead atoms. The highest BCUT2D eigenvalue weighted by atomic mass is 31.2. The van der Waals surface area contributed by atoms with Gasteiger partial charge in [0.15, 0.2) is 5.82 Å². The van der Waals surface area contributed by atoms with Crippen molar-refractivity contribution in [3.63, 3.8) is 0 Å². The molecule has 4 rings (SSSR count). The van der Waals surface area contributed by atoms with E-state index in [2.05, 4.69) is 20.6 Å². The zero-order valence-electron chi connectivity index (χ0n) is 24.6. The lowest BCUT2D eigenvalue weighted by Crippen LogP contribution is -2.50. The Morgan fingerprint density at radius 3 is 2.41 bits per heavy atom. The summed E-state index contributed by atoms with van der Waals surface area (Å²) in [5.74, 6) is -1.16. The molecule has 0 spiro atoms. The summed E-state index contributed by atoms with van der Waals surface area (Å²) in [5.41, 5.74) is 1.60. The van der Waals surface area contributed by atoms with Gasteiger partial charge in [0.1, 0.15) is 17.5 Å². The summed E-state index contributed by atoms with van der Waals surface area (Å²) in [5, 5.41) is 5.53. The third-order valence-corrected chi connectivity index (χ3v) is 8.15. The van der Waals surface area contributed by atoms with Crippen molar-refractivity contribution >= 4 is 25.6 Å². The predicted molar refractivity (Wildman–Crippen MR) is 162 cm³/mol. The van der Waals surface area contributed by atoms with Crippen LogP contribution in [0.1, 0.15) is 30.3 Å². The highest BCUT2D eigenvalue weighted by Crippen LogP contribution is 2.42. The van der Waals surface area contributed by atoms with E-state index in [-0.39, 0.29) is 18.1 Å². The Bertz CT molecular complexity index is 1480. The largest absolute Gasteiger partial charge is 0.497 e. The van der Waals surface area contributed by atoms with Gasteiger partial charge in [0.2, 0.25) is 0 Å². The number of piperazine rings is 1. The lowest BCUT2D eigenvalue weighted by molar-refractivity contribution is -0.140. The lowest BCUT2D eigenvalue weighted by Gasteiger charge is -2.27. The van der Waals surface area contributed by atoms with E-state index in [1.807, 2.05) is 13.0 Å². The first kappa shape index (κ1) is 32.7. The second-order valence-corrected chi connectivity index (χ2v) is 11.9. The first-order valence-corrected chi connectivity index (χ1v) is 16.0. The number of ether oxygens (including phenoxy) is 2. The lowest BCUT2D eigenvalue weighted by atomic mass is 10.1. The Kier molecular flexibility index (Phi) is 11.6. The number of benzene rings is 2. The van der Waals surface area contributed by atoms with Crippen LogP contribution in [-0.2, 0) is 18.6 Å². The molecule has 3 N–H and O–H groups in total. The summed E-state index contributed by atoms with van der Waals surface area (Å²) >= 11 is 0. The summed E-state index contributed by atoms with van der Waals surface area (Å²) in [4.78, 5) is 60.3. The normalized spacial score (nSPS) is 15.1. The minimum absolute atomic E-state index is 0.0166. The minimum Gasteiger partial charge on any atom is -0.497 e. The Morgan fingerprint density at radius 1 is 1.05 bits per heavy atom. The molecule has 2 heterocycles. The van der Waals surface area contributed by atoms with Crippen LogP contribution in [-0.4, -0.2) is 89.8 Å². The SMILES string of the molecule is CCCCOP(=O)(O)CC(NC(=O)c1cc(-c2ccc(OC)cc2)nc(-c2ccccc2)n1)C(=O)OC(=O)N1CCNCC1. The third-order valence-electron chi connectivity index (χ3n) is 6.73. The fourth-order valence-corrected chi connectivity index (χ4v) is 5.53. The Balaban J connectivity index is 1.63. The maximum absolute atomic E-state index is 13.6. The topological polar surface area (TPSA) is 169 Å².